The number of oxime groups is 1. The largest absolute Gasteiger partial charge is 0.409 e. The van der Waals surface area contributed by atoms with E-state index in [1.54, 1.807) is 0 Å². The van der Waals surface area contributed by atoms with E-state index in [4.69, 9.17) is 10.9 Å². The van der Waals surface area contributed by atoms with Crippen molar-refractivity contribution in [3.63, 3.8) is 0 Å². The number of thioether (sulfide) groups is 1. The highest BCUT2D eigenvalue weighted by Crippen LogP contribution is 2.29. The van der Waals surface area contributed by atoms with Crippen molar-refractivity contribution < 1.29 is 5.21 Å². The Hall–Kier alpha value is -0.420. The summed E-state index contributed by atoms with van der Waals surface area (Å²) in [6.45, 7) is 9.55. The van der Waals surface area contributed by atoms with Crippen LogP contribution in [0.15, 0.2) is 5.16 Å². The minimum absolute atomic E-state index is 0.119. The van der Waals surface area contributed by atoms with Gasteiger partial charge in [0, 0.05) is 36.1 Å². The molecular formula is C10H21N3OS. The molecule has 1 aliphatic heterocycles. The van der Waals surface area contributed by atoms with Crippen LogP contribution in [-0.4, -0.2) is 46.1 Å². The second kappa shape index (κ2) is 5.07. The molecule has 1 heterocycles. The van der Waals surface area contributed by atoms with Crippen molar-refractivity contribution >= 4 is 17.6 Å². The van der Waals surface area contributed by atoms with Crippen LogP contribution >= 0.6 is 11.8 Å². The van der Waals surface area contributed by atoms with Crippen LogP contribution in [0.4, 0.5) is 0 Å². The molecule has 1 fully saturated rings. The van der Waals surface area contributed by atoms with Gasteiger partial charge in [0.05, 0.1) is 0 Å². The van der Waals surface area contributed by atoms with Gasteiger partial charge in [-0.3, -0.25) is 0 Å². The van der Waals surface area contributed by atoms with E-state index < -0.39 is 0 Å². The molecule has 0 saturated carbocycles. The minimum Gasteiger partial charge on any atom is -0.409 e. The van der Waals surface area contributed by atoms with E-state index in [0.717, 1.165) is 25.4 Å². The maximum Gasteiger partial charge on any atom is 0.143 e. The van der Waals surface area contributed by atoms with Crippen molar-refractivity contribution in [3.8, 4) is 0 Å². The summed E-state index contributed by atoms with van der Waals surface area (Å²) in [7, 11) is 0. The average Bonchev–Trinajstić information content (AvgIpc) is 2.14. The zero-order chi connectivity index (χ0) is 11.5. The Bertz CT molecular complexity index is 243. The van der Waals surface area contributed by atoms with E-state index in [0.29, 0.717) is 10.6 Å². The van der Waals surface area contributed by atoms with Crippen molar-refractivity contribution in [2.24, 2.45) is 16.8 Å². The molecule has 0 spiro atoms. The summed E-state index contributed by atoms with van der Waals surface area (Å²) in [5, 5.41) is 11.6. The van der Waals surface area contributed by atoms with Gasteiger partial charge in [-0.25, -0.2) is 0 Å². The normalized spacial score (nSPS) is 25.1. The fraction of sp³-hybridized carbons (Fsp3) is 0.900. The number of nitrogens with two attached hydrogens (primary N) is 1. The summed E-state index contributed by atoms with van der Waals surface area (Å²) in [6, 6.07) is 0. The van der Waals surface area contributed by atoms with Crippen molar-refractivity contribution in [3.05, 3.63) is 0 Å². The molecule has 0 aromatic rings. The topological polar surface area (TPSA) is 61.8 Å². The molecule has 5 heteroatoms. The van der Waals surface area contributed by atoms with E-state index in [9.17, 15) is 0 Å². The van der Waals surface area contributed by atoms with Gasteiger partial charge in [-0.1, -0.05) is 12.1 Å². The summed E-state index contributed by atoms with van der Waals surface area (Å²) in [5.74, 6) is 1.61. The molecule has 0 aromatic carbocycles. The first-order valence-corrected chi connectivity index (χ1v) is 6.27. The first kappa shape index (κ1) is 12.6. The predicted octanol–water partition coefficient (Wildman–Crippen LogP) is 1.20. The van der Waals surface area contributed by atoms with Gasteiger partial charge in [0.2, 0.25) is 0 Å². The molecule has 3 N–H and O–H groups in total. The zero-order valence-corrected chi connectivity index (χ0v) is 10.5. The number of rotatable bonds is 3. The Morgan fingerprint density at radius 3 is 2.87 bits per heavy atom. The van der Waals surface area contributed by atoms with Crippen LogP contribution in [0, 0.1) is 5.92 Å². The van der Waals surface area contributed by atoms with Crippen molar-refractivity contribution in [2.45, 2.75) is 25.5 Å². The molecule has 1 atom stereocenters. The van der Waals surface area contributed by atoms with Crippen LogP contribution in [0.1, 0.15) is 20.8 Å². The van der Waals surface area contributed by atoms with Gasteiger partial charge in [0.15, 0.2) is 0 Å². The molecule has 0 aromatic heterocycles. The van der Waals surface area contributed by atoms with Gasteiger partial charge in [0.25, 0.3) is 0 Å². The fourth-order valence-electron chi connectivity index (χ4n) is 1.85. The number of nitrogens with zero attached hydrogens (tertiary/aromatic N) is 2. The van der Waals surface area contributed by atoms with Gasteiger partial charge in [-0.05, 0) is 13.8 Å². The summed E-state index contributed by atoms with van der Waals surface area (Å²) in [4.78, 5) is 2.39. The molecule has 1 rings (SSSR count). The fourth-order valence-corrected chi connectivity index (χ4v) is 3.03. The molecular weight excluding hydrogens is 210 g/mol. The van der Waals surface area contributed by atoms with E-state index >= 15 is 0 Å². The molecule has 1 aliphatic rings. The van der Waals surface area contributed by atoms with Crippen molar-refractivity contribution in [2.75, 3.05) is 25.4 Å². The minimum atomic E-state index is 0.119. The lowest BCUT2D eigenvalue weighted by Gasteiger charge is -2.38. The molecule has 0 aliphatic carbocycles. The molecule has 1 saturated heterocycles. The molecule has 0 amide bonds. The van der Waals surface area contributed by atoms with Crippen molar-refractivity contribution in [1.82, 2.24) is 4.90 Å². The maximum atomic E-state index is 8.58. The number of amidine groups is 1. The molecule has 15 heavy (non-hydrogen) atoms. The lowest BCUT2D eigenvalue weighted by molar-refractivity contribution is 0.242. The van der Waals surface area contributed by atoms with Crippen LogP contribution in [-0.2, 0) is 0 Å². The standard InChI is InChI=1S/C10H21N3OS/c1-8(9(11)12-14)6-13-4-5-15-10(2,3)7-13/h8,14H,4-7H2,1-3H3,(H2,11,12). The predicted molar refractivity (Wildman–Crippen MR) is 65.5 cm³/mol. The van der Waals surface area contributed by atoms with Gasteiger partial charge in [-0.2, -0.15) is 11.8 Å². The lowest BCUT2D eigenvalue weighted by Crippen LogP contribution is -2.46. The van der Waals surface area contributed by atoms with Crippen molar-refractivity contribution in [1.29, 1.82) is 0 Å². The summed E-state index contributed by atoms with van der Waals surface area (Å²) < 4.78 is 0.323. The Labute approximate surface area is 95.9 Å². The summed E-state index contributed by atoms with van der Waals surface area (Å²) in [5.41, 5.74) is 5.57. The number of hydrogen-bond donors (Lipinski definition) is 2. The summed E-state index contributed by atoms with van der Waals surface area (Å²) >= 11 is 2.01. The second-order valence-electron chi connectivity index (χ2n) is 4.77. The average molecular weight is 231 g/mol. The molecule has 1 unspecified atom stereocenters. The highest BCUT2D eigenvalue weighted by Gasteiger charge is 2.28. The lowest BCUT2D eigenvalue weighted by atomic mass is 10.1. The monoisotopic (exact) mass is 231 g/mol. The molecule has 88 valence electrons. The first-order valence-electron chi connectivity index (χ1n) is 5.28. The van der Waals surface area contributed by atoms with E-state index in [2.05, 4.69) is 23.9 Å². The molecule has 4 nitrogen and oxygen atoms in total. The van der Waals surface area contributed by atoms with Crippen LogP contribution < -0.4 is 5.73 Å². The Morgan fingerprint density at radius 1 is 1.67 bits per heavy atom. The second-order valence-corrected chi connectivity index (χ2v) is 6.57. The van der Waals surface area contributed by atoms with Gasteiger partial charge >= 0.3 is 0 Å². The third-order valence-electron chi connectivity index (χ3n) is 2.66. The van der Waals surface area contributed by atoms with E-state index in [-0.39, 0.29) is 5.92 Å². The first-order chi connectivity index (χ1) is 6.94. The van der Waals surface area contributed by atoms with E-state index in [1.807, 2.05) is 18.7 Å². The third-order valence-corrected chi connectivity index (χ3v) is 3.95. The third kappa shape index (κ3) is 3.91. The van der Waals surface area contributed by atoms with Gasteiger partial charge in [0.1, 0.15) is 5.84 Å². The highest BCUT2D eigenvalue weighted by molar-refractivity contribution is 8.00. The smallest absolute Gasteiger partial charge is 0.143 e. The molecule has 0 radical (unpaired) electrons. The van der Waals surface area contributed by atoms with Crippen LogP contribution in [0.3, 0.4) is 0 Å². The Balaban J connectivity index is 2.45. The zero-order valence-electron chi connectivity index (χ0n) is 9.73. The molecule has 0 bridgehead atoms. The highest BCUT2D eigenvalue weighted by atomic mass is 32.2. The van der Waals surface area contributed by atoms with Crippen LogP contribution in [0.25, 0.3) is 0 Å². The van der Waals surface area contributed by atoms with E-state index in [1.165, 1.54) is 0 Å². The Morgan fingerprint density at radius 2 is 2.33 bits per heavy atom. The maximum absolute atomic E-state index is 8.58. The summed E-state index contributed by atoms with van der Waals surface area (Å²) in [6.07, 6.45) is 0. The van der Waals surface area contributed by atoms with Gasteiger partial charge < -0.3 is 15.8 Å². The van der Waals surface area contributed by atoms with Crippen LogP contribution in [0.5, 0.6) is 0 Å². The number of hydrogen-bond acceptors (Lipinski definition) is 4. The SMILES string of the molecule is CC(CN1CCSC(C)(C)C1)C(N)=NO. The van der Waals surface area contributed by atoms with Gasteiger partial charge in [-0.15, -0.1) is 0 Å². The quantitative estimate of drug-likeness (QED) is 0.331. The van der Waals surface area contributed by atoms with Crippen LogP contribution in [0.2, 0.25) is 0 Å². The Kier molecular flexibility index (Phi) is 4.28.